The van der Waals surface area contributed by atoms with Crippen molar-refractivity contribution in [2.24, 2.45) is 0 Å². The Kier molecular flexibility index (Phi) is 5.91. The third kappa shape index (κ3) is 4.95. The normalized spacial score (nSPS) is 11.9. The van der Waals surface area contributed by atoms with E-state index in [-0.39, 0.29) is 5.91 Å². The molecule has 0 unspecified atom stereocenters. The molecule has 6 nitrogen and oxygen atoms in total. The highest BCUT2D eigenvalue weighted by Gasteiger charge is 2.19. The first kappa shape index (κ1) is 16.7. The first-order valence-corrected chi connectivity index (χ1v) is 7.70. The van der Waals surface area contributed by atoms with Gasteiger partial charge in [-0.15, -0.1) is 0 Å². The number of carbonyl (C=O) groups is 2. The van der Waals surface area contributed by atoms with Crippen molar-refractivity contribution in [3.8, 4) is 0 Å². The van der Waals surface area contributed by atoms with E-state index < -0.39 is 12.0 Å². The molecule has 0 spiro atoms. The van der Waals surface area contributed by atoms with Gasteiger partial charge in [0.1, 0.15) is 6.04 Å². The molecule has 2 rings (SSSR count). The summed E-state index contributed by atoms with van der Waals surface area (Å²) in [6.45, 7) is 2.61. The lowest BCUT2D eigenvalue weighted by Crippen LogP contribution is -2.40. The zero-order valence-electron chi connectivity index (χ0n) is 13.1. The van der Waals surface area contributed by atoms with Crippen molar-refractivity contribution < 1.29 is 14.7 Å². The van der Waals surface area contributed by atoms with Gasteiger partial charge in [0.05, 0.1) is 6.54 Å². The van der Waals surface area contributed by atoms with Crippen LogP contribution in [0.15, 0.2) is 42.7 Å². The zero-order valence-corrected chi connectivity index (χ0v) is 13.1. The fourth-order valence-electron chi connectivity index (χ4n) is 2.25. The van der Waals surface area contributed by atoms with Gasteiger partial charge in [0.2, 0.25) is 0 Å². The molecule has 2 aromatic rings. The molecule has 1 heterocycles. The lowest BCUT2D eigenvalue weighted by atomic mass is 10.1. The molecule has 23 heavy (non-hydrogen) atoms. The van der Waals surface area contributed by atoms with Crippen molar-refractivity contribution >= 4 is 11.9 Å². The number of unbranched alkanes of at least 4 members (excludes halogenated alkanes) is 1. The van der Waals surface area contributed by atoms with Crippen molar-refractivity contribution in [1.29, 1.82) is 0 Å². The topological polar surface area (TPSA) is 84.2 Å². The fourth-order valence-corrected chi connectivity index (χ4v) is 2.25. The van der Waals surface area contributed by atoms with Gasteiger partial charge in [-0.05, 0) is 30.2 Å². The number of nitrogens with zero attached hydrogens (tertiary/aromatic N) is 2. The summed E-state index contributed by atoms with van der Waals surface area (Å²) >= 11 is 0. The lowest BCUT2D eigenvalue weighted by molar-refractivity contribution is -0.139. The van der Waals surface area contributed by atoms with Crippen molar-refractivity contribution in [3.05, 3.63) is 53.9 Å². The third-order valence-electron chi connectivity index (χ3n) is 3.57. The van der Waals surface area contributed by atoms with Crippen LogP contribution in [-0.2, 0) is 11.3 Å². The SMILES string of the molecule is CCCC[C@H](NC(=O)c1ccc(Cn2cccn2)cc1)C(=O)O. The quantitative estimate of drug-likeness (QED) is 0.783. The molecule has 0 saturated carbocycles. The second-order valence-corrected chi connectivity index (χ2v) is 5.41. The van der Waals surface area contributed by atoms with Crippen LogP contribution in [-0.4, -0.2) is 32.8 Å². The Morgan fingerprint density at radius 2 is 2.04 bits per heavy atom. The molecule has 6 heteroatoms. The Morgan fingerprint density at radius 1 is 1.30 bits per heavy atom. The molecule has 122 valence electrons. The summed E-state index contributed by atoms with van der Waals surface area (Å²) in [7, 11) is 0. The van der Waals surface area contributed by atoms with E-state index in [2.05, 4.69) is 10.4 Å². The highest BCUT2D eigenvalue weighted by atomic mass is 16.4. The van der Waals surface area contributed by atoms with E-state index in [4.69, 9.17) is 5.11 Å². The Morgan fingerprint density at radius 3 is 2.61 bits per heavy atom. The van der Waals surface area contributed by atoms with E-state index in [0.29, 0.717) is 18.5 Å². The van der Waals surface area contributed by atoms with Crippen LogP contribution in [0.25, 0.3) is 0 Å². The van der Waals surface area contributed by atoms with Crippen LogP contribution in [0.5, 0.6) is 0 Å². The molecule has 0 radical (unpaired) electrons. The monoisotopic (exact) mass is 315 g/mol. The first-order valence-electron chi connectivity index (χ1n) is 7.70. The highest BCUT2D eigenvalue weighted by Crippen LogP contribution is 2.08. The van der Waals surface area contributed by atoms with E-state index in [0.717, 1.165) is 18.4 Å². The van der Waals surface area contributed by atoms with Gasteiger partial charge in [0, 0.05) is 18.0 Å². The average molecular weight is 315 g/mol. The molecule has 1 aromatic heterocycles. The second kappa shape index (κ2) is 8.12. The van der Waals surface area contributed by atoms with Crippen LogP contribution >= 0.6 is 0 Å². The van der Waals surface area contributed by atoms with Crippen LogP contribution in [0.2, 0.25) is 0 Å². The highest BCUT2D eigenvalue weighted by molar-refractivity contribution is 5.96. The molecule has 0 fully saturated rings. The molecule has 2 N–H and O–H groups in total. The zero-order chi connectivity index (χ0) is 16.7. The number of carbonyl (C=O) groups excluding carboxylic acids is 1. The van der Waals surface area contributed by atoms with Crippen LogP contribution in [0, 0.1) is 0 Å². The van der Waals surface area contributed by atoms with Gasteiger partial charge >= 0.3 is 5.97 Å². The van der Waals surface area contributed by atoms with Crippen molar-refractivity contribution in [2.75, 3.05) is 0 Å². The lowest BCUT2D eigenvalue weighted by Gasteiger charge is -2.14. The van der Waals surface area contributed by atoms with Gasteiger partial charge in [0.25, 0.3) is 5.91 Å². The molecular weight excluding hydrogens is 294 g/mol. The standard InChI is InChI=1S/C17H21N3O3/c1-2-3-5-15(17(22)23)19-16(21)14-8-6-13(7-9-14)12-20-11-4-10-18-20/h4,6-11,15H,2-3,5,12H2,1H3,(H,19,21)(H,22,23)/t15-/m0/s1. The summed E-state index contributed by atoms with van der Waals surface area (Å²) in [4.78, 5) is 23.3. The third-order valence-corrected chi connectivity index (χ3v) is 3.57. The van der Waals surface area contributed by atoms with E-state index in [1.807, 2.05) is 31.3 Å². The van der Waals surface area contributed by atoms with Crippen LogP contribution in [0.1, 0.15) is 42.1 Å². The number of aliphatic carboxylic acids is 1. The fraction of sp³-hybridized carbons (Fsp3) is 0.353. The van der Waals surface area contributed by atoms with Gasteiger partial charge in [-0.25, -0.2) is 4.79 Å². The predicted octanol–water partition coefficient (Wildman–Crippen LogP) is 2.30. The molecule has 1 aromatic carbocycles. The molecule has 0 saturated heterocycles. The number of hydrogen-bond acceptors (Lipinski definition) is 3. The van der Waals surface area contributed by atoms with Crippen molar-refractivity contribution in [2.45, 2.75) is 38.8 Å². The summed E-state index contributed by atoms with van der Waals surface area (Å²) in [6, 6.07) is 8.10. The van der Waals surface area contributed by atoms with E-state index in [9.17, 15) is 9.59 Å². The van der Waals surface area contributed by atoms with Gasteiger partial charge in [-0.1, -0.05) is 31.9 Å². The van der Waals surface area contributed by atoms with Gasteiger partial charge in [0.15, 0.2) is 0 Å². The van der Waals surface area contributed by atoms with Crippen LogP contribution in [0.3, 0.4) is 0 Å². The number of hydrogen-bond donors (Lipinski definition) is 2. The molecule has 1 amide bonds. The summed E-state index contributed by atoms with van der Waals surface area (Å²) < 4.78 is 1.79. The molecule has 1 atom stereocenters. The van der Waals surface area contributed by atoms with E-state index in [1.54, 1.807) is 23.0 Å². The Labute approximate surface area is 135 Å². The first-order chi connectivity index (χ1) is 11.1. The molecule has 0 aliphatic carbocycles. The predicted molar refractivity (Wildman–Crippen MR) is 86.2 cm³/mol. The molecular formula is C17H21N3O3. The number of nitrogens with one attached hydrogen (secondary N) is 1. The van der Waals surface area contributed by atoms with Crippen molar-refractivity contribution in [3.63, 3.8) is 0 Å². The van der Waals surface area contributed by atoms with E-state index >= 15 is 0 Å². The summed E-state index contributed by atoms with van der Waals surface area (Å²) in [6.07, 6.45) is 5.67. The van der Waals surface area contributed by atoms with E-state index in [1.165, 1.54) is 0 Å². The number of carboxylic acids is 1. The minimum absolute atomic E-state index is 0.362. The number of rotatable bonds is 8. The van der Waals surface area contributed by atoms with Crippen LogP contribution in [0.4, 0.5) is 0 Å². The van der Waals surface area contributed by atoms with Gasteiger partial charge < -0.3 is 10.4 Å². The number of aromatic nitrogens is 2. The van der Waals surface area contributed by atoms with Gasteiger partial charge in [-0.2, -0.15) is 5.10 Å². The number of carboxylic acid groups (broad SMARTS) is 1. The molecule has 0 aliphatic rings. The van der Waals surface area contributed by atoms with Crippen molar-refractivity contribution in [1.82, 2.24) is 15.1 Å². The Bertz CT molecular complexity index is 636. The Balaban J connectivity index is 1.97. The maximum absolute atomic E-state index is 12.2. The largest absolute Gasteiger partial charge is 0.480 e. The summed E-state index contributed by atoms with van der Waals surface area (Å²) in [5.74, 6) is -1.36. The van der Waals surface area contributed by atoms with Gasteiger partial charge in [-0.3, -0.25) is 9.48 Å². The summed E-state index contributed by atoms with van der Waals surface area (Å²) in [5.41, 5.74) is 1.47. The maximum atomic E-state index is 12.2. The minimum atomic E-state index is -0.998. The number of benzene rings is 1. The number of amides is 1. The second-order valence-electron chi connectivity index (χ2n) is 5.41. The molecule has 0 aliphatic heterocycles. The van der Waals surface area contributed by atoms with Crippen LogP contribution < -0.4 is 5.32 Å². The smallest absolute Gasteiger partial charge is 0.326 e. The Hall–Kier alpha value is -2.63. The summed E-state index contributed by atoms with van der Waals surface area (Å²) in [5, 5.41) is 15.9. The maximum Gasteiger partial charge on any atom is 0.326 e. The molecule has 0 bridgehead atoms. The minimum Gasteiger partial charge on any atom is -0.480 e. The average Bonchev–Trinajstić information content (AvgIpc) is 3.04.